The van der Waals surface area contributed by atoms with Crippen molar-refractivity contribution < 1.29 is 29.0 Å². The van der Waals surface area contributed by atoms with Crippen LogP contribution in [0.1, 0.15) is 36.5 Å². The van der Waals surface area contributed by atoms with Gasteiger partial charge in [0, 0.05) is 24.9 Å². The summed E-state index contributed by atoms with van der Waals surface area (Å²) in [6.07, 6.45) is -1.35. The van der Waals surface area contributed by atoms with E-state index in [0.29, 0.717) is 13.1 Å². The van der Waals surface area contributed by atoms with Crippen molar-refractivity contribution in [2.24, 2.45) is 11.8 Å². The molecule has 0 radical (unpaired) electrons. The van der Waals surface area contributed by atoms with Gasteiger partial charge in [-0.15, -0.1) is 0 Å². The Hall–Kier alpha value is -4.17. The van der Waals surface area contributed by atoms with Gasteiger partial charge < -0.3 is 24.8 Å². The molecule has 8 nitrogen and oxygen atoms in total. The number of likely N-dealkylation sites (tertiary alicyclic amines) is 1. The highest BCUT2D eigenvalue weighted by molar-refractivity contribution is 5.87. The fourth-order valence-electron chi connectivity index (χ4n) is 5.45. The standard InChI is InChI=1S/C32H34N2O6/c1-20(31(36)37)23-16-34(17-23)30(35)29(21(2)39-18-22-10-4-3-5-11-22)33-32(38)40-19-28-26-14-8-6-12-24(26)25-13-7-9-15-27(25)28/h3-15,20-21,23,28-29H,16-19H2,1-2H3,(H,33,38)(H,36,37)/t20?,21-,29+/m0/s1. The average Bonchev–Trinajstić information content (AvgIpc) is 3.26. The first-order chi connectivity index (χ1) is 19.3. The van der Waals surface area contributed by atoms with Crippen molar-refractivity contribution in [1.29, 1.82) is 0 Å². The summed E-state index contributed by atoms with van der Waals surface area (Å²) in [6.45, 7) is 4.43. The van der Waals surface area contributed by atoms with Crippen LogP contribution in [0.4, 0.5) is 4.79 Å². The molecule has 1 unspecified atom stereocenters. The predicted molar refractivity (Wildman–Crippen MR) is 150 cm³/mol. The molecule has 208 valence electrons. The van der Waals surface area contributed by atoms with E-state index in [1.807, 2.05) is 66.7 Å². The van der Waals surface area contributed by atoms with E-state index < -0.39 is 30.1 Å². The third kappa shape index (κ3) is 5.72. The highest BCUT2D eigenvalue weighted by atomic mass is 16.5. The number of ether oxygens (including phenoxy) is 2. The fraction of sp³-hybridized carbons (Fsp3) is 0.344. The maximum absolute atomic E-state index is 13.5. The molecule has 2 N–H and O–H groups in total. The van der Waals surface area contributed by atoms with Gasteiger partial charge in [-0.2, -0.15) is 0 Å². The Morgan fingerprint density at radius 2 is 1.48 bits per heavy atom. The summed E-state index contributed by atoms with van der Waals surface area (Å²) in [4.78, 5) is 39.5. The molecule has 1 heterocycles. The van der Waals surface area contributed by atoms with E-state index in [1.165, 1.54) is 0 Å². The minimum absolute atomic E-state index is 0.104. The lowest BCUT2D eigenvalue weighted by atomic mass is 9.86. The number of aliphatic carboxylic acids is 1. The summed E-state index contributed by atoms with van der Waals surface area (Å²) < 4.78 is 11.7. The summed E-state index contributed by atoms with van der Waals surface area (Å²) in [6, 6.07) is 24.8. The molecule has 0 bridgehead atoms. The van der Waals surface area contributed by atoms with Gasteiger partial charge >= 0.3 is 12.1 Å². The van der Waals surface area contributed by atoms with Gasteiger partial charge in [0.15, 0.2) is 0 Å². The second-order valence-electron chi connectivity index (χ2n) is 10.6. The quantitative estimate of drug-likeness (QED) is 0.386. The van der Waals surface area contributed by atoms with Crippen molar-refractivity contribution in [2.45, 2.75) is 38.5 Å². The third-order valence-corrected chi connectivity index (χ3v) is 8.03. The van der Waals surface area contributed by atoms with E-state index in [9.17, 15) is 19.5 Å². The minimum atomic E-state index is -0.986. The fourth-order valence-corrected chi connectivity index (χ4v) is 5.45. The Morgan fingerprint density at radius 3 is 2.08 bits per heavy atom. The number of carbonyl (C=O) groups is 3. The van der Waals surface area contributed by atoms with Gasteiger partial charge in [-0.3, -0.25) is 9.59 Å². The maximum Gasteiger partial charge on any atom is 0.407 e. The molecule has 3 aromatic rings. The van der Waals surface area contributed by atoms with Gasteiger partial charge in [-0.1, -0.05) is 85.8 Å². The molecular formula is C32H34N2O6. The highest BCUT2D eigenvalue weighted by Crippen LogP contribution is 2.44. The number of hydrogen-bond acceptors (Lipinski definition) is 5. The third-order valence-electron chi connectivity index (χ3n) is 8.03. The van der Waals surface area contributed by atoms with E-state index in [2.05, 4.69) is 17.4 Å². The first kappa shape index (κ1) is 27.4. The largest absolute Gasteiger partial charge is 0.481 e. The Bertz CT molecular complexity index is 1330. The summed E-state index contributed by atoms with van der Waals surface area (Å²) in [7, 11) is 0. The molecular weight excluding hydrogens is 508 g/mol. The lowest BCUT2D eigenvalue weighted by Gasteiger charge is -2.43. The average molecular weight is 543 g/mol. The zero-order valence-corrected chi connectivity index (χ0v) is 22.7. The maximum atomic E-state index is 13.5. The van der Waals surface area contributed by atoms with Crippen molar-refractivity contribution in [1.82, 2.24) is 10.2 Å². The first-order valence-electron chi connectivity index (χ1n) is 13.6. The van der Waals surface area contributed by atoms with E-state index in [-0.39, 0.29) is 31.0 Å². The van der Waals surface area contributed by atoms with E-state index in [0.717, 1.165) is 27.8 Å². The van der Waals surface area contributed by atoms with Gasteiger partial charge in [0.1, 0.15) is 12.6 Å². The number of benzene rings is 3. The van der Waals surface area contributed by atoms with Gasteiger partial charge in [0.25, 0.3) is 0 Å². The van der Waals surface area contributed by atoms with Crippen LogP contribution in [0.15, 0.2) is 78.9 Å². The molecule has 1 fully saturated rings. The Labute approximate surface area is 233 Å². The van der Waals surface area contributed by atoms with Crippen molar-refractivity contribution in [3.05, 3.63) is 95.6 Å². The lowest BCUT2D eigenvalue weighted by Crippen LogP contribution is -2.61. The topological polar surface area (TPSA) is 105 Å². The van der Waals surface area contributed by atoms with E-state index in [4.69, 9.17) is 9.47 Å². The van der Waals surface area contributed by atoms with Crippen molar-refractivity contribution >= 4 is 18.0 Å². The van der Waals surface area contributed by atoms with E-state index in [1.54, 1.807) is 18.7 Å². The van der Waals surface area contributed by atoms with Crippen LogP contribution in [0.25, 0.3) is 11.1 Å². The summed E-state index contributed by atoms with van der Waals surface area (Å²) >= 11 is 0. The molecule has 0 aromatic heterocycles. The van der Waals surface area contributed by atoms with Crippen LogP contribution in [0, 0.1) is 11.8 Å². The molecule has 2 amide bonds. The summed E-state index contributed by atoms with van der Waals surface area (Å²) in [5.74, 6) is -1.98. The molecule has 8 heteroatoms. The molecule has 2 aliphatic rings. The normalized spacial score (nSPS) is 16.7. The number of carboxylic acid groups (broad SMARTS) is 1. The first-order valence-corrected chi connectivity index (χ1v) is 13.6. The van der Waals surface area contributed by atoms with Crippen molar-refractivity contribution in [3.63, 3.8) is 0 Å². The Morgan fingerprint density at radius 1 is 0.900 bits per heavy atom. The molecule has 1 saturated heterocycles. The van der Waals surface area contributed by atoms with Crippen LogP contribution in [0.5, 0.6) is 0 Å². The number of carboxylic acids is 1. The second kappa shape index (κ2) is 11.9. The molecule has 40 heavy (non-hydrogen) atoms. The summed E-state index contributed by atoms with van der Waals surface area (Å²) in [5, 5.41) is 12.1. The number of hydrogen-bond donors (Lipinski definition) is 2. The molecule has 0 spiro atoms. The number of rotatable bonds is 10. The molecule has 3 aromatic carbocycles. The monoisotopic (exact) mass is 542 g/mol. The number of alkyl carbamates (subject to hydrolysis) is 1. The molecule has 1 aliphatic heterocycles. The van der Waals surface area contributed by atoms with Gasteiger partial charge in [-0.05, 0) is 34.7 Å². The van der Waals surface area contributed by atoms with Crippen LogP contribution in [-0.2, 0) is 25.7 Å². The smallest absolute Gasteiger partial charge is 0.407 e. The number of carbonyl (C=O) groups excluding carboxylic acids is 2. The van der Waals surface area contributed by atoms with E-state index >= 15 is 0 Å². The number of fused-ring (bicyclic) bond motifs is 3. The zero-order valence-electron chi connectivity index (χ0n) is 22.7. The van der Waals surface area contributed by atoms with Gasteiger partial charge in [0.05, 0.1) is 18.6 Å². The van der Waals surface area contributed by atoms with Crippen LogP contribution in [0.2, 0.25) is 0 Å². The van der Waals surface area contributed by atoms with Gasteiger partial charge in [-0.25, -0.2) is 4.79 Å². The molecule has 0 saturated carbocycles. The number of nitrogens with zero attached hydrogens (tertiary/aromatic N) is 1. The SMILES string of the molecule is CC(C(=O)O)C1CN(C(=O)[C@H](NC(=O)OCC2c3ccccc3-c3ccccc32)[C@H](C)OCc2ccccc2)C1. The van der Waals surface area contributed by atoms with Crippen LogP contribution in [0.3, 0.4) is 0 Å². The Kier molecular flexibility index (Phi) is 8.16. The van der Waals surface area contributed by atoms with Crippen LogP contribution in [-0.4, -0.2) is 59.8 Å². The molecule has 5 rings (SSSR count). The minimum Gasteiger partial charge on any atom is -0.481 e. The zero-order chi connectivity index (χ0) is 28.2. The molecule has 1 aliphatic carbocycles. The van der Waals surface area contributed by atoms with Crippen molar-refractivity contribution in [3.8, 4) is 11.1 Å². The second-order valence-corrected chi connectivity index (χ2v) is 10.6. The molecule has 3 atom stereocenters. The Balaban J connectivity index is 1.25. The highest BCUT2D eigenvalue weighted by Gasteiger charge is 2.41. The van der Waals surface area contributed by atoms with Crippen molar-refractivity contribution in [2.75, 3.05) is 19.7 Å². The van der Waals surface area contributed by atoms with Crippen LogP contribution >= 0.6 is 0 Å². The predicted octanol–water partition coefficient (Wildman–Crippen LogP) is 4.68. The number of amides is 2. The van der Waals surface area contributed by atoms with Gasteiger partial charge in [0.2, 0.25) is 5.91 Å². The van der Waals surface area contributed by atoms with Crippen LogP contribution < -0.4 is 5.32 Å². The number of nitrogens with one attached hydrogen (secondary N) is 1. The summed E-state index contributed by atoms with van der Waals surface area (Å²) in [5.41, 5.74) is 5.41. The lowest BCUT2D eigenvalue weighted by molar-refractivity contribution is -0.153.